The van der Waals surface area contributed by atoms with Gasteiger partial charge in [-0.1, -0.05) is 0 Å². The van der Waals surface area contributed by atoms with E-state index in [1.165, 1.54) is 7.11 Å². The monoisotopic (exact) mass is 464 g/mol. The Balaban J connectivity index is 1.69. The first kappa shape index (κ1) is 24.1. The van der Waals surface area contributed by atoms with Crippen LogP contribution in [0.3, 0.4) is 0 Å². The van der Waals surface area contributed by atoms with Gasteiger partial charge in [-0.25, -0.2) is 4.79 Å². The van der Waals surface area contributed by atoms with Crippen LogP contribution >= 0.6 is 0 Å². The summed E-state index contributed by atoms with van der Waals surface area (Å²) >= 11 is 0. The van der Waals surface area contributed by atoms with E-state index in [9.17, 15) is 22.8 Å². The van der Waals surface area contributed by atoms with Crippen LogP contribution in [0, 0.1) is 13.8 Å². The lowest BCUT2D eigenvalue weighted by Gasteiger charge is -2.15. The van der Waals surface area contributed by atoms with Gasteiger partial charge in [-0.15, -0.1) is 0 Å². The van der Waals surface area contributed by atoms with Crippen molar-refractivity contribution in [2.24, 2.45) is 0 Å². The van der Waals surface area contributed by atoms with Gasteiger partial charge >= 0.3 is 12.1 Å². The first-order chi connectivity index (χ1) is 15.6. The van der Waals surface area contributed by atoms with Gasteiger partial charge in [0.25, 0.3) is 5.91 Å². The quantitative estimate of drug-likeness (QED) is 0.375. The molecule has 0 fully saturated rings. The third kappa shape index (κ3) is 5.83. The zero-order valence-electron chi connectivity index (χ0n) is 18.3. The van der Waals surface area contributed by atoms with Crippen molar-refractivity contribution in [2.75, 3.05) is 32.2 Å². The van der Waals surface area contributed by atoms with Crippen LogP contribution in [0.5, 0.6) is 5.75 Å². The Bertz CT molecular complexity index is 1170. The highest BCUT2D eigenvalue weighted by Gasteiger charge is 2.31. The van der Waals surface area contributed by atoms with Crippen LogP contribution in [0.1, 0.15) is 27.2 Å². The topological polar surface area (TPSA) is 89.7 Å². The van der Waals surface area contributed by atoms with Crippen LogP contribution in [0.25, 0.3) is 10.9 Å². The fourth-order valence-corrected chi connectivity index (χ4v) is 3.15. The van der Waals surface area contributed by atoms with Crippen LogP contribution in [-0.4, -0.2) is 43.8 Å². The average Bonchev–Trinajstić information content (AvgIpc) is 3.05. The number of benzene rings is 2. The molecule has 3 aromatic rings. The molecule has 0 atom stereocenters. The van der Waals surface area contributed by atoms with Crippen molar-refractivity contribution in [3.8, 4) is 5.75 Å². The van der Waals surface area contributed by atoms with E-state index >= 15 is 0 Å². The Morgan fingerprint density at radius 3 is 2.52 bits per heavy atom. The van der Waals surface area contributed by atoms with Gasteiger partial charge in [0.05, 0.1) is 23.4 Å². The summed E-state index contributed by atoms with van der Waals surface area (Å²) in [5.41, 5.74) is 1.92. The molecule has 1 aromatic heterocycles. The van der Waals surface area contributed by atoms with Crippen LogP contribution in [0.4, 0.5) is 18.9 Å². The molecule has 33 heavy (non-hydrogen) atoms. The highest BCUT2D eigenvalue weighted by atomic mass is 19.4. The van der Waals surface area contributed by atoms with Crippen LogP contribution in [-0.2, 0) is 20.4 Å². The molecule has 7 nitrogen and oxygen atoms in total. The van der Waals surface area contributed by atoms with Crippen molar-refractivity contribution in [3.05, 3.63) is 58.8 Å². The number of H-pyrrole nitrogens is 1. The summed E-state index contributed by atoms with van der Waals surface area (Å²) in [6, 6.07) is 7.66. The van der Waals surface area contributed by atoms with Gasteiger partial charge in [-0.05, 0) is 55.8 Å². The van der Waals surface area contributed by atoms with E-state index < -0.39 is 30.2 Å². The minimum atomic E-state index is -4.61. The number of hydrogen-bond acceptors (Lipinski definition) is 5. The number of carbonyl (C=O) groups is 2. The number of nitrogens with one attached hydrogen (secondary N) is 2. The second-order valence-corrected chi connectivity index (χ2v) is 7.31. The first-order valence-electron chi connectivity index (χ1n) is 9.99. The van der Waals surface area contributed by atoms with E-state index in [1.807, 2.05) is 13.8 Å². The zero-order chi connectivity index (χ0) is 24.2. The number of halogens is 3. The molecule has 10 heteroatoms. The fourth-order valence-electron chi connectivity index (χ4n) is 3.15. The molecule has 0 radical (unpaired) electrons. The highest BCUT2D eigenvalue weighted by molar-refractivity contribution is 5.98. The smallest absolute Gasteiger partial charge is 0.416 e. The summed E-state index contributed by atoms with van der Waals surface area (Å²) in [5, 5.41) is 3.17. The van der Waals surface area contributed by atoms with E-state index in [1.54, 1.807) is 18.2 Å². The molecule has 0 bridgehead atoms. The fraction of sp³-hybridized carbons (Fsp3) is 0.304. The number of fused-ring (bicyclic) bond motifs is 1. The Kier molecular flexibility index (Phi) is 7.27. The number of aryl methyl sites for hydroxylation is 2. The molecule has 176 valence electrons. The summed E-state index contributed by atoms with van der Waals surface area (Å²) in [6.45, 7) is 3.42. The maximum atomic E-state index is 13.1. The Labute approximate surface area is 187 Å². The number of amides is 1. The van der Waals surface area contributed by atoms with Gasteiger partial charge < -0.3 is 24.5 Å². The van der Waals surface area contributed by atoms with Crippen molar-refractivity contribution in [3.63, 3.8) is 0 Å². The predicted octanol–water partition coefficient (Wildman–Crippen LogP) is 4.62. The lowest BCUT2D eigenvalue weighted by molar-refractivity contribution is -0.137. The van der Waals surface area contributed by atoms with E-state index in [0.29, 0.717) is 0 Å². The van der Waals surface area contributed by atoms with Gasteiger partial charge in [0, 0.05) is 23.7 Å². The maximum Gasteiger partial charge on any atom is 0.416 e. The van der Waals surface area contributed by atoms with Gasteiger partial charge in [-0.2, -0.15) is 13.2 Å². The normalized spacial score (nSPS) is 11.5. The number of ether oxygens (including phenoxy) is 3. The molecule has 1 heterocycles. The average molecular weight is 464 g/mol. The second kappa shape index (κ2) is 9.95. The van der Waals surface area contributed by atoms with Gasteiger partial charge in [0.15, 0.2) is 6.61 Å². The Hall–Kier alpha value is -3.53. The molecule has 0 aliphatic rings. The summed E-state index contributed by atoms with van der Waals surface area (Å²) in [7, 11) is 1.45. The minimum Gasteiger partial charge on any atom is -0.489 e. The van der Waals surface area contributed by atoms with Crippen molar-refractivity contribution in [2.45, 2.75) is 20.0 Å². The molecule has 0 aliphatic carbocycles. The number of aromatic nitrogens is 1. The molecular formula is C23H23F3N2O5. The molecule has 0 saturated heterocycles. The van der Waals surface area contributed by atoms with Crippen molar-refractivity contribution >= 4 is 28.5 Å². The number of methoxy groups -OCH3 is 1. The minimum absolute atomic E-state index is 0.0310. The maximum absolute atomic E-state index is 13.1. The summed E-state index contributed by atoms with van der Waals surface area (Å²) in [5.74, 6) is -1.51. The molecular weight excluding hydrogens is 441 g/mol. The third-order valence-corrected chi connectivity index (χ3v) is 5.00. The van der Waals surface area contributed by atoms with Crippen molar-refractivity contribution in [1.29, 1.82) is 0 Å². The molecule has 0 unspecified atom stereocenters. The molecule has 3 rings (SSSR count). The van der Waals surface area contributed by atoms with Crippen LogP contribution in [0.2, 0.25) is 0 Å². The number of hydrogen-bond donors (Lipinski definition) is 2. The highest BCUT2D eigenvalue weighted by Crippen LogP contribution is 2.35. The SMILES string of the molecule is COCCOc1ccc(C(F)(F)F)cc1NC(=O)COC(=O)c1ccc2[nH]c(C)c(C)c2c1. The summed E-state index contributed by atoms with van der Waals surface area (Å²) < 4.78 is 54.5. The number of esters is 1. The number of anilines is 1. The number of aromatic amines is 1. The second-order valence-electron chi connectivity index (χ2n) is 7.31. The van der Waals surface area contributed by atoms with E-state index in [4.69, 9.17) is 14.2 Å². The Morgan fingerprint density at radius 1 is 1.06 bits per heavy atom. The largest absolute Gasteiger partial charge is 0.489 e. The molecule has 0 spiro atoms. The van der Waals surface area contributed by atoms with E-state index in [0.717, 1.165) is 40.4 Å². The lowest BCUT2D eigenvalue weighted by Crippen LogP contribution is -2.22. The molecule has 2 N–H and O–H groups in total. The van der Waals surface area contributed by atoms with Crippen molar-refractivity contribution < 1.29 is 37.0 Å². The first-order valence-corrected chi connectivity index (χ1v) is 9.99. The van der Waals surface area contributed by atoms with Gasteiger partial charge in [0.1, 0.15) is 12.4 Å². The molecule has 0 aliphatic heterocycles. The molecule has 0 saturated carbocycles. The van der Waals surface area contributed by atoms with Crippen LogP contribution < -0.4 is 10.1 Å². The van der Waals surface area contributed by atoms with Gasteiger partial charge in [0.2, 0.25) is 0 Å². The predicted molar refractivity (Wildman–Crippen MR) is 115 cm³/mol. The zero-order valence-corrected chi connectivity index (χ0v) is 18.3. The van der Waals surface area contributed by atoms with Crippen LogP contribution in [0.15, 0.2) is 36.4 Å². The van der Waals surface area contributed by atoms with Crippen molar-refractivity contribution in [1.82, 2.24) is 4.98 Å². The number of alkyl halides is 3. The van der Waals surface area contributed by atoms with E-state index in [2.05, 4.69) is 10.3 Å². The summed E-state index contributed by atoms with van der Waals surface area (Å²) in [6.07, 6.45) is -4.61. The summed E-state index contributed by atoms with van der Waals surface area (Å²) in [4.78, 5) is 27.9. The number of rotatable bonds is 8. The number of carbonyl (C=O) groups excluding carboxylic acids is 2. The van der Waals surface area contributed by atoms with Gasteiger partial charge in [-0.3, -0.25) is 4.79 Å². The molecule has 2 aromatic carbocycles. The molecule has 1 amide bonds. The standard InChI is InChI=1S/C23H23F3N2O5/c1-13-14(2)27-18-6-4-15(10-17(13)18)22(30)33-12-21(29)28-19-11-16(23(24,25)26)5-7-20(19)32-9-8-31-3/h4-7,10-11,27H,8-9,12H2,1-3H3,(H,28,29). The lowest BCUT2D eigenvalue weighted by atomic mass is 10.1. The van der Waals surface area contributed by atoms with E-state index in [-0.39, 0.29) is 30.2 Å². The Morgan fingerprint density at radius 2 is 1.82 bits per heavy atom. The third-order valence-electron chi connectivity index (χ3n) is 5.00.